The predicted molar refractivity (Wildman–Crippen MR) is 68.6 cm³/mol. The summed E-state index contributed by atoms with van der Waals surface area (Å²) in [6, 6.07) is 11.8. The fourth-order valence-corrected chi connectivity index (χ4v) is 2.27. The molecule has 0 spiro atoms. The molecule has 1 aromatic rings. The molecule has 2 rings (SSSR count). The van der Waals surface area contributed by atoms with Gasteiger partial charge in [-0.2, -0.15) is 5.26 Å². The molecule has 1 N–H and O–H groups in total. The van der Waals surface area contributed by atoms with Crippen molar-refractivity contribution in [2.75, 3.05) is 13.6 Å². The summed E-state index contributed by atoms with van der Waals surface area (Å²) in [5.41, 5.74) is 1.06. The third-order valence-electron chi connectivity index (χ3n) is 3.33. The van der Waals surface area contributed by atoms with Gasteiger partial charge in [-0.1, -0.05) is 30.3 Å². The Balaban J connectivity index is 2.08. The van der Waals surface area contributed by atoms with Crippen molar-refractivity contribution in [1.82, 2.24) is 10.2 Å². The average molecular weight is 243 g/mol. The van der Waals surface area contributed by atoms with Gasteiger partial charge in [-0.05, 0) is 12.0 Å². The quantitative estimate of drug-likeness (QED) is 0.871. The lowest BCUT2D eigenvalue weighted by Gasteiger charge is -2.20. The highest BCUT2D eigenvalue weighted by atomic mass is 16.2. The molecule has 4 heteroatoms. The number of carbonyl (C=O) groups excluding carboxylic acids is 1. The van der Waals surface area contributed by atoms with Crippen LogP contribution < -0.4 is 5.32 Å². The standard InChI is InChI=1S/C14H17N3O/c1-17-10-8-13(14(17)18)16-12(7-9-15)11-5-3-2-4-6-11/h2-6,12-13,16H,7-8,10H2,1H3. The lowest BCUT2D eigenvalue weighted by molar-refractivity contribution is -0.128. The Kier molecular flexibility index (Phi) is 3.96. The van der Waals surface area contributed by atoms with E-state index in [1.54, 1.807) is 4.90 Å². The third-order valence-corrected chi connectivity index (χ3v) is 3.33. The molecular weight excluding hydrogens is 226 g/mol. The molecular formula is C14H17N3O. The van der Waals surface area contributed by atoms with Gasteiger partial charge in [-0.15, -0.1) is 0 Å². The van der Waals surface area contributed by atoms with E-state index in [0.29, 0.717) is 6.42 Å². The van der Waals surface area contributed by atoms with Gasteiger partial charge in [0, 0.05) is 19.6 Å². The molecule has 1 aliphatic rings. The number of rotatable bonds is 4. The van der Waals surface area contributed by atoms with E-state index in [1.165, 1.54) is 0 Å². The van der Waals surface area contributed by atoms with Gasteiger partial charge in [0.1, 0.15) is 0 Å². The Morgan fingerprint density at radius 3 is 2.78 bits per heavy atom. The van der Waals surface area contributed by atoms with E-state index in [4.69, 9.17) is 5.26 Å². The largest absolute Gasteiger partial charge is 0.344 e. The molecule has 0 radical (unpaired) electrons. The second kappa shape index (κ2) is 5.65. The van der Waals surface area contributed by atoms with Gasteiger partial charge >= 0.3 is 0 Å². The maximum Gasteiger partial charge on any atom is 0.239 e. The summed E-state index contributed by atoms with van der Waals surface area (Å²) in [6.07, 6.45) is 1.18. The Bertz CT molecular complexity index is 452. The van der Waals surface area contributed by atoms with E-state index in [-0.39, 0.29) is 18.0 Å². The summed E-state index contributed by atoms with van der Waals surface area (Å²) in [5.74, 6) is 0.119. The van der Waals surface area contributed by atoms with Crippen LogP contribution >= 0.6 is 0 Å². The number of nitriles is 1. The maximum atomic E-state index is 11.9. The average Bonchev–Trinajstić information content (AvgIpc) is 2.71. The minimum Gasteiger partial charge on any atom is -0.344 e. The van der Waals surface area contributed by atoms with Crippen molar-refractivity contribution in [3.05, 3.63) is 35.9 Å². The zero-order chi connectivity index (χ0) is 13.0. The Morgan fingerprint density at radius 2 is 2.22 bits per heavy atom. The first-order valence-electron chi connectivity index (χ1n) is 6.15. The number of nitrogens with zero attached hydrogens (tertiary/aromatic N) is 2. The normalized spacial score (nSPS) is 20.8. The summed E-state index contributed by atoms with van der Waals surface area (Å²) in [6.45, 7) is 0.782. The topological polar surface area (TPSA) is 56.1 Å². The van der Waals surface area contributed by atoms with Crippen LogP contribution in [0.3, 0.4) is 0 Å². The second-order valence-electron chi connectivity index (χ2n) is 4.59. The molecule has 0 aromatic heterocycles. The van der Waals surface area contributed by atoms with Crippen LogP contribution in [0, 0.1) is 11.3 Å². The third kappa shape index (κ3) is 2.69. The summed E-state index contributed by atoms with van der Waals surface area (Å²) in [5, 5.41) is 12.2. The van der Waals surface area contributed by atoms with E-state index in [0.717, 1.165) is 18.5 Å². The molecule has 1 fully saturated rings. The Hall–Kier alpha value is -1.86. The highest BCUT2D eigenvalue weighted by Crippen LogP contribution is 2.19. The van der Waals surface area contributed by atoms with Crippen molar-refractivity contribution in [3.8, 4) is 6.07 Å². The van der Waals surface area contributed by atoms with Crippen LogP contribution in [0.2, 0.25) is 0 Å². The fourth-order valence-electron chi connectivity index (χ4n) is 2.27. The number of benzene rings is 1. The summed E-state index contributed by atoms with van der Waals surface area (Å²) >= 11 is 0. The highest BCUT2D eigenvalue weighted by Gasteiger charge is 2.30. The number of likely N-dealkylation sites (tertiary alicyclic amines) is 1. The molecule has 0 bridgehead atoms. The zero-order valence-corrected chi connectivity index (χ0v) is 10.5. The molecule has 2 atom stereocenters. The van der Waals surface area contributed by atoms with Gasteiger partial charge in [0.25, 0.3) is 0 Å². The molecule has 1 saturated heterocycles. The first-order chi connectivity index (χ1) is 8.72. The van der Waals surface area contributed by atoms with Gasteiger partial charge in [0.15, 0.2) is 0 Å². The lowest BCUT2D eigenvalue weighted by atomic mass is 10.0. The fraction of sp³-hybridized carbons (Fsp3) is 0.429. The number of amides is 1. The van der Waals surface area contributed by atoms with Crippen molar-refractivity contribution >= 4 is 5.91 Å². The first-order valence-corrected chi connectivity index (χ1v) is 6.15. The predicted octanol–water partition coefficient (Wildman–Crippen LogP) is 1.46. The molecule has 2 unspecified atom stereocenters. The van der Waals surface area contributed by atoms with Crippen LogP contribution in [0.1, 0.15) is 24.4 Å². The molecule has 1 aliphatic heterocycles. The van der Waals surface area contributed by atoms with Gasteiger partial charge in [-0.3, -0.25) is 10.1 Å². The summed E-state index contributed by atoms with van der Waals surface area (Å²) in [7, 11) is 1.81. The minimum atomic E-state index is -0.159. The molecule has 0 aliphatic carbocycles. The highest BCUT2D eigenvalue weighted by molar-refractivity contribution is 5.83. The van der Waals surface area contributed by atoms with Crippen molar-refractivity contribution < 1.29 is 4.79 Å². The van der Waals surface area contributed by atoms with Crippen molar-refractivity contribution in [1.29, 1.82) is 5.26 Å². The van der Waals surface area contributed by atoms with E-state index in [9.17, 15) is 4.79 Å². The van der Waals surface area contributed by atoms with Crippen LogP contribution in [0.4, 0.5) is 0 Å². The van der Waals surface area contributed by atoms with Crippen molar-refractivity contribution in [2.24, 2.45) is 0 Å². The van der Waals surface area contributed by atoms with Gasteiger partial charge in [0.2, 0.25) is 5.91 Å². The number of hydrogen-bond acceptors (Lipinski definition) is 3. The van der Waals surface area contributed by atoms with E-state index in [2.05, 4.69) is 11.4 Å². The lowest BCUT2D eigenvalue weighted by Crippen LogP contribution is -2.39. The van der Waals surface area contributed by atoms with Crippen LogP contribution in [-0.4, -0.2) is 30.4 Å². The van der Waals surface area contributed by atoms with Crippen molar-refractivity contribution in [2.45, 2.75) is 24.9 Å². The number of nitrogens with one attached hydrogen (secondary N) is 1. The summed E-state index contributed by atoms with van der Waals surface area (Å²) < 4.78 is 0. The van der Waals surface area contributed by atoms with Crippen LogP contribution in [-0.2, 0) is 4.79 Å². The van der Waals surface area contributed by atoms with Gasteiger partial charge in [0.05, 0.1) is 18.5 Å². The number of likely N-dealkylation sites (N-methyl/N-ethyl adjacent to an activating group) is 1. The molecule has 1 heterocycles. The molecule has 4 nitrogen and oxygen atoms in total. The summed E-state index contributed by atoms with van der Waals surface area (Å²) in [4.78, 5) is 13.6. The van der Waals surface area contributed by atoms with Crippen molar-refractivity contribution in [3.63, 3.8) is 0 Å². The zero-order valence-electron chi connectivity index (χ0n) is 10.5. The SMILES string of the molecule is CN1CCC(NC(CC#N)c2ccccc2)C1=O. The van der Waals surface area contributed by atoms with E-state index < -0.39 is 0 Å². The van der Waals surface area contributed by atoms with Crippen LogP contribution in [0.5, 0.6) is 0 Å². The monoisotopic (exact) mass is 243 g/mol. The Labute approximate surface area is 107 Å². The molecule has 1 amide bonds. The molecule has 18 heavy (non-hydrogen) atoms. The molecule has 94 valence electrons. The minimum absolute atomic E-state index is 0.0725. The number of carbonyl (C=O) groups is 1. The van der Waals surface area contributed by atoms with E-state index in [1.807, 2.05) is 37.4 Å². The van der Waals surface area contributed by atoms with Gasteiger partial charge < -0.3 is 4.90 Å². The van der Waals surface area contributed by atoms with Crippen LogP contribution in [0.25, 0.3) is 0 Å². The number of hydrogen-bond donors (Lipinski definition) is 1. The smallest absolute Gasteiger partial charge is 0.239 e. The molecule has 1 aromatic carbocycles. The first kappa shape index (κ1) is 12.6. The van der Waals surface area contributed by atoms with Gasteiger partial charge in [-0.25, -0.2) is 0 Å². The Morgan fingerprint density at radius 1 is 1.50 bits per heavy atom. The van der Waals surface area contributed by atoms with Crippen LogP contribution in [0.15, 0.2) is 30.3 Å². The second-order valence-corrected chi connectivity index (χ2v) is 4.59. The maximum absolute atomic E-state index is 11.9. The molecule has 0 saturated carbocycles. The van der Waals surface area contributed by atoms with E-state index >= 15 is 0 Å².